The van der Waals surface area contributed by atoms with Crippen LogP contribution in [0.25, 0.3) is 0 Å². The lowest BCUT2D eigenvalue weighted by molar-refractivity contribution is 0.268. The van der Waals surface area contributed by atoms with Gasteiger partial charge in [-0.1, -0.05) is 6.92 Å². The van der Waals surface area contributed by atoms with Crippen LogP contribution >= 0.6 is 0 Å². The molecule has 1 saturated carbocycles. The van der Waals surface area contributed by atoms with Gasteiger partial charge in [-0.2, -0.15) is 4.31 Å². The topological polar surface area (TPSA) is 81.2 Å². The van der Waals surface area contributed by atoms with E-state index in [-0.39, 0.29) is 17.1 Å². The van der Waals surface area contributed by atoms with Crippen LogP contribution < -0.4 is 5.73 Å². The zero-order valence-corrected chi connectivity index (χ0v) is 13.9. The molecule has 0 aromatic carbocycles. The lowest BCUT2D eigenvalue weighted by atomic mass is 9.92. The Balaban J connectivity index is 2.18. The molecule has 2 N–H and O–H groups in total. The van der Waals surface area contributed by atoms with Gasteiger partial charge in [0.1, 0.15) is 5.82 Å². The number of imidazole rings is 1. The zero-order chi connectivity index (χ0) is 15.6. The molecule has 0 atom stereocenters. The van der Waals surface area contributed by atoms with Gasteiger partial charge in [-0.05, 0) is 39.0 Å². The molecule has 0 saturated heterocycles. The third-order valence-corrected chi connectivity index (χ3v) is 6.10. The summed E-state index contributed by atoms with van der Waals surface area (Å²) in [6, 6.07) is 0.245. The molecule has 1 fully saturated rings. The molecule has 1 heterocycles. The first-order chi connectivity index (χ1) is 9.86. The van der Waals surface area contributed by atoms with Gasteiger partial charge in [0.2, 0.25) is 0 Å². The standard InChI is InChI=1S/C14H26N4O2S/c1-4-9-18-10-14(16-11(18)2)21(19,20)17(3)13-7-5-12(15)6-8-13/h10,12-13H,4-9,15H2,1-3H3. The van der Waals surface area contributed by atoms with Gasteiger partial charge in [-0.25, -0.2) is 13.4 Å². The van der Waals surface area contributed by atoms with Crippen molar-refractivity contribution in [1.82, 2.24) is 13.9 Å². The van der Waals surface area contributed by atoms with E-state index in [4.69, 9.17) is 5.73 Å². The van der Waals surface area contributed by atoms with E-state index in [1.165, 1.54) is 4.31 Å². The van der Waals surface area contributed by atoms with Gasteiger partial charge in [0.15, 0.2) is 5.03 Å². The molecule has 0 spiro atoms. The molecule has 120 valence electrons. The number of aromatic nitrogens is 2. The molecule has 0 aliphatic heterocycles. The Morgan fingerprint density at radius 3 is 2.57 bits per heavy atom. The number of sulfonamides is 1. The van der Waals surface area contributed by atoms with E-state index >= 15 is 0 Å². The normalized spacial score (nSPS) is 23.7. The van der Waals surface area contributed by atoms with Crippen molar-refractivity contribution in [2.45, 2.75) is 69.6 Å². The summed E-state index contributed by atoms with van der Waals surface area (Å²) in [7, 11) is -1.86. The molecule has 2 rings (SSSR count). The molecule has 0 bridgehead atoms. The first-order valence-electron chi connectivity index (χ1n) is 7.63. The summed E-state index contributed by atoms with van der Waals surface area (Å²) in [6.07, 6.45) is 6.02. The fourth-order valence-electron chi connectivity index (χ4n) is 2.88. The molecule has 1 aromatic rings. The van der Waals surface area contributed by atoms with Crippen molar-refractivity contribution in [3.8, 4) is 0 Å². The third kappa shape index (κ3) is 3.46. The van der Waals surface area contributed by atoms with Crippen LogP contribution in [0.2, 0.25) is 0 Å². The monoisotopic (exact) mass is 314 g/mol. The van der Waals surface area contributed by atoms with E-state index in [0.29, 0.717) is 0 Å². The summed E-state index contributed by atoms with van der Waals surface area (Å²) in [5, 5.41) is 0.158. The second-order valence-electron chi connectivity index (χ2n) is 5.91. The summed E-state index contributed by atoms with van der Waals surface area (Å²) in [6.45, 7) is 4.69. The van der Waals surface area contributed by atoms with Gasteiger partial charge in [0.25, 0.3) is 10.0 Å². The average molecular weight is 314 g/mol. The minimum absolute atomic E-state index is 0.0337. The van der Waals surface area contributed by atoms with Crippen molar-refractivity contribution in [3.05, 3.63) is 12.0 Å². The molecule has 1 aliphatic rings. The van der Waals surface area contributed by atoms with E-state index in [1.807, 2.05) is 11.5 Å². The number of nitrogens with zero attached hydrogens (tertiary/aromatic N) is 3. The highest BCUT2D eigenvalue weighted by molar-refractivity contribution is 7.89. The largest absolute Gasteiger partial charge is 0.334 e. The SMILES string of the molecule is CCCn1cc(S(=O)(=O)N(C)C2CCC(N)CC2)nc1C. The molecular weight excluding hydrogens is 288 g/mol. The van der Waals surface area contributed by atoms with Gasteiger partial charge in [-0.15, -0.1) is 0 Å². The average Bonchev–Trinajstić information content (AvgIpc) is 2.81. The first-order valence-corrected chi connectivity index (χ1v) is 9.07. The van der Waals surface area contributed by atoms with Crippen LogP contribution in [-0.4, -0.2) is 41.4 Å². The maximum atomic E-state index is 12.7. The molecule has 1 aliphatic carbocycles. The number of hydrogen-bond acceptors (Lipinski definition) is 4. The minimum Gasteiger partial charge on any atom is -0.334 e. The van der Waals surface area contributed by atoms with Gasteiger partial charge < -0.3 is 10.3 Å². The van der Waals surface area contributed by atoms with Crippen LogP contribution in [0.4, 0.5) is 0 Å². The Morgan fingerprint density at radius 1 is 1.38 bits per heavy atom. The Kier molecular flexibility index (Phi) is 5.06. The second kappa shape index (κ2) is 6.46. The molecule has 21 heavy (non-hydrogen) atoms. The molecular formula is C14H26N4O2S. The summed E-state index contributed by atoms with van der Waals surface area (Å²) >= 11 is 0. The van der Waals surface area contributed by atoms with Crippen LogP contribution in [0, 0.1) is 6.92 Å². The van der Waals surface area contributed by atoms with Crippen LogP contribution in [0.3, 0.4) is 0 Å². The van der Waals surface area contributed by atoms with Crippen LogP contribution in [0.1, 0.15) is 44.9 Å². The van der Waals surface area contributed by atoms with E-state index in [2.05, 4.69) is 11.9 Å². The number of aryl methyl sites for hydroxylation is 2. The van der Waals surface area contributed by atoms with Crippen molar-refractivity contribution < 1.29 is 8.42 Å². The van der Waals surface area contributed by atoms with Gasteiger partial charge in [-0.3, -0.25) is 0 Å². The predicted molar refractivity (Wildman–Crippen MR) is 82.4 cm³/mol. The lowest BCUT2D eigenvalue weighted by Crippen LogP contribution is -2.41. The van der Waals surface area contributed by atoms with Crippen LogP contribution in [-0.2, 0) is 16.6 Å². The lowest BCUT2D eigenvalue weighted by Gasteiger charge is -2.32. The fraction of sp³-hybridized carbons (Fsp3) is 0.786. The Bertz CT molecular complexity index is 574. The maximum absolute atomic E-state index is 12.7. The quantitative estimate of drug-likeness (QED) is 0.893. The zero-order valence-electron chi connectivity index (χ0n) is 13.1. The van der Waals surface area contributed by atoms with Crippen molar-refractivity contribution in [1.29, 1.82) is 0 Å². The van der Waals surface area contributed by atoms with Crippen LogP contribution in [0.5, 0.6) is 0 Å². The van der Waals surface area contributed by atoms with Gasteiger partial charge in [0.05, 0.1) is 0 Å². The summed E-state index contributed by atoms with van der Waals surface area (Å²) < 4.78 is 28.8. The highest BCUT2D eigenvalue weighted by Gasteiger charge is 2.32. The van der Waals surface area contributed by atoms with E-state index in [9.17, 15) is 8.42 Å². The predicted octanol–water partition coefficient (Wildman–Crippen LogP) is 1.49. The highest BCUT2D eigenvalue weighted by atomic mass is 32.2. The molecule has 0 radical (unpaired) electrons. The maximum Gasteiger partial charge on any atom is 0.262 e. The number of nitrogens with two attached hydrogens (primary N) is 1. The van der Waals surface area contributed by atoms with Gasteiger partial charge in [0, 0.05) is 31.9 Å². The smallest absolute Gasteiger partial charge is 0.262 e. The van der Waals surface area contributed by atoms with E-state index in [0.717, 1.165) is 44.5 Å². The van der Waals surface area contributed by atoms with E-state index < -0.39 is 10.0 Å². The summed E-state index contributed by atoms with van der Waals surface area (Å²) in [5.74, 6) is 0.745. The third-order valence-electron chi connectivity index (χ3n) is 4.32. The molecule has 0 unspecified atom stereocenters. The van der Waals surface area contributed by atoms with Gasteiger partial charge >= 0.3 is 0 Å². The molecule has 6 nitrogen and oxygen atoms in total. The highest BCUT2D eigenvalue weighted by Crippen LogP contribution is 2.25. The van der Waals surface area contributed by atoms with Crippen molar-refractivity contribution >= 4 is 10.0 Å². The molecule has 1 aromatic heterocycles. The molecule has 0 amide bonds. The summed E-state index contributed by atoms with van der Waals surface area (Å²) in [4.78, 5) is 4.24. The Morgan fingerprint density at radius 2 is 2.00 bits per heavy atom. The summed E-state index contributed by atoms with van der Waals surface area (Å²) in [5.41, 5.74) is 5.89. The van der Waals surface area contributed by atoms with Crippen LogP contribution in [0.15, 0.2) is 11.2 Å². The first kappa shape index (κ1) is 16.5. The Labute approximate surface area is 127 Å². The Hall–Kier alpha value is -0.920. The number of rotatable bonds is 5. The minimum atomic E-state index is -3.52. The molecule has 7 heteroatoms. The van der Waals surface area contributed by atoms with E-state index in [1.54, 1.807) is 13.2 Å². The second-order valence-corrected chi connectivity index (χ2v) is 7.85. The van der Waals surface area contributed by atoms with Crippen molar-refractivity contribution in [3.63, 3.8) is 0 Å². The number of hydrogen-bond donors (Lipinski definition) is 1. The van der Waals surface area contributed by atoms with Crippen molar-refractivity contribution in [2.24, 2.45) is 5.73 Å². The fourth-order valence-corrected chi connectivity index (χ4v) is 4.29. The van der Waals surface area contributed by atoms with Crippen molar-refractivity contribution in [2.75, 3.05) is 7.05 Å².